The van der Waals surface area contributed by atoms with Crippen LogP contribution in [0.4, 0.5) is 4.79 Å². The van der Waals surface area contributed by atoms with Crippen molar-refractivity contribution in [2.75, 3.05) is 0 Å². The van der Waals surface area contributed by atoms with Crippen molar-refractivity contribution in [3.05, 3.63) is 0 Å². The quantitative estimate of drug-likeness (QED) is 0.425. The summed E-state index contributed by atoms with van der Waals surface area (Å²) in [6, 6.07) is 0. The van der Waals surface area contributed by atoms with Gasteiger partial charge in [-0.25, -0.2) is 9.52 Å². The first-order valence-electron chi connectivity index (χ1n) is 1.60. The number of carbonyl (C=O) groups excluding carboxylic acids is 1. The molecule has 1 aliphatic rings. The molecule has 0 atom stereocenters. The van der Waals surface area contributed by atoms with Crippen LogP contribution < -0.4 is 9.61 Å². The van der Waals surface area contributed by atoms with Gasteiger partial charge in [-0.3, -0.25) is 0 Å². The smallest absolute Gasteiger partial charge is 0.336 e. The SMILES string of the molecule is O=C1NS(=O)(=O)NO1. The summed E-state index contributed by atoms with van der Waals surface area (Å²) in [5, 5.41) is 0. The Morgan fingerprint density at radius 3 is 2.25 bits per heavy atom. The molecular weight excluding hydrogens is 136 g/mol. The van der Waals surface area contributed by atoms with E-state index in [2.05, 4.69) is 4.84 Å². The van der Waals surface area contributed by atoms with Gasteiger partial charge in [-0.05, 0) is 4.89 Å². The minimum Gasteiger partial charge on any atom is -0.336 e. The summed E-state index contributed by atoms with van der Waals surface area (Å²) in [6.45, 7) is 0. The first kappa shape index (κ1) is 5.32. The molecule has 7 heteroatoms. The highest BCUT2D eigenvalue weighted by atomic mass is 32.2. The monoisotopic (exact) mass is 138 g/mol. The molecule has 0 aromatic rings. The van der Waals surface area contributed by atoms with Crippen LogP contribution in [-0.2, 0) is 15.0 Å². The molecule has 1 fully saturated rings. The minimum atomic E-state index is -3.67. The molecule has 1 saturated heterocycles. The summed E-state index contributed by atoms with van der Waals surface area (Å²) in [4.78, 5) is 15.1. The van der Waals surface area contributed by atoms with Crippen LogP contribution in [0, 0.1) is 0 Å². The van der Waals surface area contributed by atoms with Gasteiger partial charge in [-0.1, -0.05) is 0 Å². The van der Waals surface area contributed by atoms with E-state index in [1.165, 1.54) is 9.61 Å². The summed E-state index contributed by atoms with van der Waals surface area (Å²) in [5.74, 6) is 0. The van der Waals surface area contributed by atoms with Gasteiger partial charge in [0, 0.05) is 0 Å². The van der Waals surface area contributed by atoms with Crippen molar-refractivity contribution in [2.45, 2.75) is 0 Å². The van der Waals surface area contributed by atoms with Gasteiger partial charge < -0.3 is 4.84 Å². The van der Waals surface area contributed by atoms with E-state index in [-0.39, 0.29) is 0 Å². The van der Waals surface area contributed by atoms with Gasteiger partial charge in [0.05, 0.1) is 0 Å². The van der Waals surface area contributed by atoms with E-state index < -0.39 is 16.3 Å². The maximum Gasteiger partial charge on any atom is 0.441 e. The Kier molecular flexibility index (Phi) is 0.882. The minimum absolute atomic E-state index is 1.01. The molecule has 1 heterocycles. The lowest BCUT2D eigenvalue weighted by Gasteiger charge is -1.81. The van der Waals surface area contributed by atoms with Crippen LogP contribution in [0.5, 0.6) is 0 Å². The second-order valence-electron chi connectivity index (χ2n) is 1.08. The van der Waals surface area contributed by atoms with Crippen LogP contribution in [-0.4, -0.2) is 14.5 Å². The van der Waals surface area contributed by atoms with E-state index >= 15 is 0 Å². The molecule has 1 amide bonds. The topological polar surface area (TPSA) is 84.5 Å². The lowest BCUT2D eigenvalue weighted by atomic mass is 11.3. The fourth-order valence-corrected chi connectivity index (χ4v) is 0.732. The molecular formula is CH2N2O4S. The number of hydrogen-bond acceptors (Lipinski definition) is 4. The van der Waals surface area contributed by atoms with E-state index in [0.717, 1.165) is 0 Å². The summed E-state index contributed by atoms with van der Waals surface area (Å²) in [5.41, 5.74) is 0. The van der Waals surface area contributed by atoms with Crippen LogP contribution in [0.15, 0.2) is 0 Å². The van der Waals surface area contributed by atoms with Crippen molar-refractivity contribution in [3.63, 3.8) is 0 Å². The van der Waals surface area contributed by atoms with Gasteiger partial charge in [-0.15, -0.1) is 0 Å². The van der Waals surface area contributed by atoms with Crippen LogP contribution >= 0.6 is 0 Å². The average molecular weight is 138 g/mol. The molecule has 6 nitrogen and oxygen atoms in total. The Hall–Kier alpha value is -0.820. The predicted molar refractivity (Wildman–Crippen MR) is 21.7 cm³/mol. The molecule has 0 aromatic carbocycles. The second kappa shape index (κ2) is 1.33. The number of rotatable bonds is 0. The van der Waals surface area contributed by atoms with Gasteiger partial charge in [0.15, 0.2) is 0 Å². The first-order chi connectivity index (χ1) is 3.60. The zero-order valence-corrected chi connectivity index (χ0v) is 4.36. The maximum atomic E-state index is 10.1. The van der Waals surface area contributed by atoms with Gasteiger partial charge in [0.1, 0.15) is 0 Å². The Balaban J connectivity index is 2.86. The Morgan fingerprint density at radius 1 is 1.50 bits per heavy atom. The van der Waals surface area contributed by atoms with Gasteiger partial charge >= 0.3 is 16.3 Å². The normalized spacial score (nSPS) is 24.2. The van der Waals surface area contributed by atoms with Crippen molar-refractivity contribution in [1.82, 2.24) is 9.61 Å². The molecule has 1 rings (SSSR count). The molecule has 0 radical (unpaired) electrons. The van der Waals surface area contributed by atoms with E-state index in [1.54, 1.807) is 0 Å². The molecule has 1 aliphatic heterocycles. The highest BCUT2D eigenvalue weighted by Gasteiger charge is 2.24. The van der Waals surface area contributed by atoms with Crippen LogP contribution in [0.2, 0.25) is 0 Å². The Bertz CT molecular complexity index is 204. The number of amides is 1. The first-order valence-corrected chi connectivity index (χ1v) is 3.09. The highest BCUT2D eigenvalue weighted by Crippen LogP contribution is 1.87. The molecule has 2 N–H and O–H groups in total. The summed E-state index contributed by atoms with van der Waals surface area (Å²) >= 11 is 0. The Labute approximate surface area is 45.0 Å². The van der Waals surface area contributed by atoms with E-state index in [9.17, 15) is 13.2 Å². The van der Waals surface area contributed by atoms with Crippen molar-refractivity contribution < 1.29 is 18.0 Å². The third-order valence-corrected chi connectivity index (χ3v) is 1.20. The summed E-state index contributed by atoms with van der Waals surface area (Å²) in [6.07, 6.45) is -1.01. The summed E-state index contributed by atoms with van der Waals surface area (Å²) in [7, 11) is -3.67. The van der Waals surface area contributed by atoms with Crippen LogP contribution in [0.25, 0.3) is 0 Å². The van der Waals surface area contributed by atoms with E-state index in [4.69, 9.17) is 0 Å². The second-order valence-corrected chi connectivity index (χ2v) is 2.46. The lowest BCUT2D eigenvalue weighted by molar-refractivity contribution is 0.145. The molecule has 46 valence electrons. The molecule has 0 unspecified atom stereocenters. The zero-order chi connectivity index (χ0) is 6.20. The molecule has 0 bridgehead atoms. The van der Waals surface area contributed by atoms with Gasteiger partial charge in [0.25, 0.3) is 0 Å². The highest BCUT2D eigenvalue weighted by molar-refractivity contribution is 7.88. The molecule has 8 heavy (non-hydrogen) atoms. The van der Waals surface area contributed by atoms with Crippen LogP contribution in [0.1, 0.15) is 0 Å². The van der Waals surface area contributed by atoms with E-state index in [1.807, 2.05) is 0 Å². The third kappa shape index (κ3) is 0.873. The Morgan fingerprint density at radius 2 is 2.12 bits per heavy atom. The zero-order valence-electron chi connectivity index (χ0n) is 3.54. The van der Waals surface area contributed by atoms with Crippen molar-refractivity contribution in [2.24, 2.45) is 0 Å². The third-order valence-electron chi connectivity index (χ3n) is 0.462. The molecule has 0 spiro atoms. The van der Waals surface area contributed by atoms with Gasteiger partial charge in [-0.2, -0.15) is 8.42 Å². The van der Waals surface area contributed by atoms with Crippen molar-refractivity contribution >= 4 is 16.3 Å². The average Bonchev–Trinajstić information content (AvgIpc) is 1.82. The maximum absolute atomic E-state index is 10.1. The predicted octanol–water partition coefficient (Wildman–Crippen LogP) is -1.52. The molecule has 0 aromatic heterocycles. The van der Waals surface area contributed by atoms with Crippen molar-refractivity contribution in [1.29, 1.82) is 0 Å². The largest absolute Gasteiger partial charge is 0.441 e. The fraction of sp³-hybridized carbons (Fsp3) is 0. The fourth-order valence-electron chi connectivity index (χ4n) is 0.244. The van der Waals surface area contributed by atoms with E-state index in [0.29, 0.717) is 0 Å². The molecule has 0 saturated carbocycles. The van der Waals surface area contributed by atoms with Crippen LogP contribution in [0.3, 0.4) is 0 Å². The number of carbonyl (C=O) groups is 1. The summed E-state index contributed by atoms with van der Waals surface area (Å²) < 4.78 is 21.6. The standard InChI is InChI=1S/CH2N2O4S/c4-1-2-8(5,6)3-7-1/h3H,(H,2,4). The molecule has 0 aliphatic carbocycles. The number of hydrogen-bond donors (Lipinski definition) is 2. The lowest BCUT2D eigenvalue weighted by Crippen LogP contribution is -2.23. The van der Waals surface area contributed by atoms with Gasteiger partial charge in [0.2, 0.25) is 0 Å². The number of nitrogens with one attached hydrogen (secondary N) is 2. The van der Waals surface area contributed by atoms with Crippen molar-refractivity contribution in [3.8, 4) is 0 Å².